The third-order valence-electron chi connectivity index (χ3n) is 4.41. The predicted molar refractivity (Wildman–Crippen MR) is 102 cm³/mol. The molecule has 25 heavy (non-hydrogen) atoms. The van der Waals surface area contributed by atoms with Crippen LogP contribution in [0.1, 0.15) is 55.7 Å². The van der Waals surface area contributed by atoms with Gasteiger partial charge in [0, 0.05) is 5.69 Å². The summed E-state index contributed by atoms with van der Waals surface area (Å²) in [6.45, 7) is 8.35. The average Bonchev–Trinajstić information content (AvgIpc) is 3.05. The van der Waals surface area contributed by atoms with Crippen LogP contribution < -0.4 is 10.6 Å². The SMILES string of the molecule is CC(C)(C)c1ccccc1NC(=O)c1cn(C2CCNCC2)nn1.Cl. The third kappa shape index (κ3) is 4.58. The van der Waals surface area contributed by atoms with E-state index in [0.717, 1.165) is 37.2 Å². The van der Waals surface area contributed by atoms with Crippen LogP contribution in [0, 0.1) is 0 Å². The number of amides is 1. The maximum Gasteiger partial charge on any atom is 0.277 e. The van der Waals surface area contributed by atoms with Crippen LogP contribution in [0.25, 0.3) is 0 Å². The number of carbonyl (C=O) groups excluding carboxylic acids is 1. The van der Waals surface area contributed by atoms with Gasteiger partial charge in [-0.3, -0.25) is 4.79 Å². The Labute approximate surface area is 154 Å². The van der Waals surface area contributed by atoms with Crippen molar-refractivity contribution in [3.8, 4) is 0 Å². The lowest BCUT2D eigenvalue weighted by Crippen LogP contribution is -2.29. The zero-order chi connectivity index (χ0) is 17.2. The Morgan fingerprint density at radius 2 is 1.92 bits per heavy atom. The van der Waals surface area contributed by atoms with Gasteiger partial charge in [-0.05, 0) is 43.0 Å². The summed E-state index contributed by atoms with van der Waals surface area (Å²) in [7, 11) is 0. The second-order valence-corrected chi connectivity index (χ2v) is 7.31. The fourth-order valence-electron chi connectivity index (χ4n) is 3.06. The van der Waals surface area contributed by atoms with Crippen LogP contribution >= 0.6 is 12.4 Å². The third-order valence-corrected chi connectivity index (χ3v) is 4.41. The minimum atomic E-state index is -0.216. The van der Waals surface area contributed by atoms with Gasteiger partial charge in [-0.2, -0.15) is 0 Å². The summed E-state index contributed by atoms with van der Waals surface area (Å²) in [6.07, 6.45) is 3.78. The minimum absolute atomic E-state index is 0. The summed E-state index contributed by atoms with van der Waals surface area (Å²) in [6, 6.07) is 8.21. The van der Waals surface area contributed by atoms with E-state index in [2.05, 4.69) is 41.7 Å². The maximum atomic E-state index is 12.6. The highest BCUT2D eigenvalue weighted by Crippen LogP contribution is 2.29. The highest BCUT2D eigenvalue weighted by Gasteiger charge is 2.21. The molecule has 0 bridgehead atoms. The Morgan fingerprint density at radius 1 is 1.24 bits per heavy atom. The van der Waals surface area contributed by atoms with Gasteiger partial charge in [-0.15, -0.1) is 17.5 Å². The largest absolute Gasteiger partial charge is 0.320 e. The molecular formula is C18H26ClN5O. The number of nitrogens with one attached hydrogen (secondary N) is 2. The van der Waals surface area contributed by atoms with Crippen molar-refractivity contribution in [3.63, 3.8) is 0 Å². The molecule has 1 aliphatic rings. The molecule has 2 aromatic rings. The average molecular weight is 364 g/mol. The van der Waals surface area contributed by atoms with E-state index in [0.29, 0.717) is 11.7 Å². The fraction of sp³-hybridized carbons (Fsp3) is 0.500. The number of carbonyl (C=O) groups is 1. The highest BCUT2D eigenvalue weighted by molar-refractivity contribution is 6.03. The van der Waals surface area contributed by atoms with Gasteiger partial charge in [0.05, 0.1) is 12.2 Å². The number of aromatic nitrogens is 3. The van der Waals surface area contributed by atoms with Crippen LogP contribution in [-0.2, 0) is 5.41 Å². The van der Waals surface area contributed by atoms with E-state index >= 15 is 0 Å². The van der Waals surface area contributed by atoms with Crippen molar-refractivity contribution in [2.45, 2.75) is 45.1 Å². The molecule has 2 N–H and O–H groups in total. The van der Waals surface area contributed by atoms with Crippen molar-refractivity contribution in [2.24, 2.45) is 0 Å². The summed E-state index contributed by atoms with van der Waals surface area (Å²) in [5.41, 5.74) is 2.24. The molecule has 1 saturated heterocycles. The Morgan fingerprint density at radius 3 is 2.60 bits per heavy atom. The van der Waals surface area contributed by atoms with Crippen molar-refractivity contribution in [1.29, 1.82) is 0 Å². The molecule has 3 rings (SSSR count). The normalized spacial score (nSPS) is 15.5. The zero-order valence-corrected chi connectivity index (χ0v) is 15.8. The van der Waals surface area contributed by atoms with Gasteiger partial charge in [0.2, 0.25) is 0 Å². The molecule has 0 unspecified atom stereocenters. The zero-order valence-electron chi connectivity index (χ0n) is 15.0. The number of rotatable bonds is 3. The topological polar surface area (TPSA) is 71.8 Å². The highest BCUT2D eigenvalue weighted by atomic mass is 35.5. The van der Waals surface area contributed by atoms with Gasteiger partial charge in [0.15, 0.2) is 5.69 Å². The molecule has 0 spiro atoms. The van der Waals surface area contributed by atoms with Crippen LogP contribution in [0.5, 0.6) is 0 Å². The first-order valence-corrected chi connectivity index (χ1v) is 8.48. The van der Waals surface area contributed by atoms with Crippen molar-refractivity contribution in [3.05, 3.63) is 41.7 Å². The molecule has 1 amide bonds. The molecule has 1 fully saturated rings. The number of halogens is 1. The number of benzene rings is 1. The Bertz CT molecular complexity index is 716. The second-order valence-electron chi connectivity index (χ2n) is 7.31. The van der Waals surface area contributed by atoms with Gasteiger partial charge >= 0.3 is 0 Å². The molecule has 0 atom stereocenters. The van der Waals surface area contributed by atoms with Crippen LogP contribution in [0.3, 0.4) is 0 Å². The van der Waals surface area contributed by atoms with Gasteiger partial charge < -0.3 is 10.6 Å². The van der Waals surface area contributed by atoms with Crippen LogP contribution in [0.15, 0.2) is 30.5 Å². The number of nitrogens with zero attached hydrogens (tertiary/aromatic N) is 3. The van der Waals surface area contributed by atoms with Crippen molar-refractivity contribution < 1.29 is 4.79 Å². The molecule has 1 aromatic heterocycles. The summed E-state index contributed by atoms with van der Waals surface area (Å²) >= 11 is 0. The molecule has 0 radical (unpaired) electrons. The lowest BCUT2D eigenvalue weighted by Gasteiger charge is -2.22. The van der Waals surface area contributed by atoms with Crippen molar-refractivity contribution in [1.82, 2.24) is 20.3 Å². The van der Waals surface area contributed by atoms with Gasteiger partial charge in [0.1, 0.15) is 0 Å². The number of para-hydroxylation sites is 1. The first-order chi connectivity index (χ1) is 11.4. The molecule has 2 heterocycles. The second kappa shape index (κ2) is 7.97. The van der Waals surface area contributed by atoms with Crippen molar-refractivity contribution in [2.75, 3.05) is 18.4 Å². The molecule has 0 aliphatic carbocycles. The number of hydrogen-bond acceptors (Lipinski definition) is 4. The molecule has 6 nitrogen and oxygen atoms in total. The molecule has 0 saturated carbocycles. The Hall–Kier alpha value is -1.92. The number of piperidine rings is 1. The van der Waals surface area contributed by atoms with E-state index in [1.165, 1.54) is 0 Å². The fourth-order valence-corrected chi connectivity index (χ4v) is 3.06. The summed E-state index contributed by atoms with van der Waals surface area (Å²) in [5.74, 6) is -0.216. The Balaban J connectivity index is 0.00000225. The summed E-state index contributed by atoms with van der Waals surface area (Å²) in [5, 5.41) is 14.5. The molecule has 1 aliphatic heterocycles. The minimum Gasteiger partial charge on any atom is -0.320 e. The number of anilines is 1. The van der Waals surface area contributed by atoms with Crippen LogP contribution in [0.2, 0.25) is 0 Å². The smallest absolute Gasteiger partial charge is 0.277 e. The van der Waals surface area contributed by atoms with Gasteiger partial charge in [0.25, 0.3) is 5.91 Å². The molecule has 7 heteroatoms. The summed E-state index contributed by atoms with van der Waals surface area (Å²) in [4.78, 5) is 12.6. The monoisotopic (exact) mass is 363 g/mol. The van der Waals surface area contributed by atoms with Crippen LogP contribution in [0.4, 0.5) is 5.69 Å². The standard InChI is InChI=1S/C18H25N5O.ClH/c1-18(2,3)14-6-4-5-7-15(14)20-17(24)16-12-23(22-21-16)13-8-10-19-11-9-13;/h4-7,12-13,19H,8-11H2,1-3H3,(H,20,24);1H. The van der Waals surface area contributed by atoms with Crippen LogP contribution in [-0.4, -0.2) is 34.0 Å². The van der Waals surface area contributed by atoms with Gasteiger partial charge in [-0.1, -0.05) is 44.2 Å². The van der Waals surface area contributed by atoms with E-state index in [4.69, 9.17) is 0 Å². The van der Waals surface area contributed by atoms with E-state index in [9.17, 15) is 4.79 Å². The summed E-state index contributed by atoms with van der Waals surface area (Å²) < 4.78 is 1.82. The van der Waals surface area contributed by atoms with E-state index in [-0.39, 0.29) is 23.7 Å². The van der Waals surface area contributed by atoms with E-state index in [1.54, 1.807) is 6.20 Å². The first kappa shape index (κ1) is 19.4. The first-order valence-electron chi connectivity index (χ1n) is 8.48. The molecule has 136 valence electrons. The molecule has 1 aromatic carbocycles. The van der Waals surface area contributed by atoms with E-state index < -0.39 is 0 Å². The maximum absolute atomic E-state index is 12.6. The lowest BCUT2D eigenvalue weighted by molar-refractivity contribution is 0.102. The predicted octanol–water partition coefficient (Wildman–Crippen LogP) is 3.17. The number of hydrogen-bond donors (Lipinski definition) is 2. The van der Waals surface area contributed by atoms with Crippen molar-refractivity contribution >= 4 is 24.0 Å². The lowest BCUT2D eigenvalue weighted by atomic mass is 9.86. The molecular weight excluding hydrogens is 338 g/mol. The Kier molecular flexibility index (Phi) is 6.19. The quantitative estimate of drug-likeness (QED) is 0.878. The van der Waals surface area contributed by atoms with E-state index in [1.807, 2.05) is 28.9 Å². The van der Waals surface area contributed by atoms with Gasteiger partial charge in [-0.25, -0.2) is 4.68 Å².